The standard InChI is InChI=1S/C50H61N10O8P/c1-5-67-69(65,68-6-2)49(58-17-15-56(16-18-58)28-33-7-8-36-29-60(30-37(36)23-33)48(64)41-24-40(32(3)4)43(61)25-44(41)62)35-11-9-34(10-12-35)47(63)59-14-13-39-42(31-59)54-45(38-26-52-50(51)53-27-38)55-46(39)57-19-21-66-22-20-57/h7-12,23-27,32,49,61-62H,5-6,13-22,28-31H2,1-4H3,(H2,51,52,53). The molecule has 9 rings (SSSR count). The van der Waals surface area contributed by atoms with Crippen LogP contribution >= 0.6 is 7.60 Å². The second-order valence-electron chi connectivity index (χ2n) is 18.2. The van der Waals surface area contributed by atoms with Gasteiger partial charge < -0.3 is 44.4 Å². The Kier molecular flexibility index (Phi) is 14.3. The SMILES string of the molecule is CCOP(=O)(OCC)C(c1ccc(C(=O)N2CCc3c(nc(-c4cnc(N)nc4)nc3N3CCOCC3)C2)cc1)N1CCN(Cc2ccc3c(c2)CN(C(=O)c2cc(C(C)C)c(O)cc2O)C3)CC1. The number of hydrogen-bond donors (Lipinski definition) is 3. The first-order valence-electron chi connectivity index (χ1n) is 23.8. The molecule has 4 aliphatic heterocycles. The highest BCUT2D eigenvalue weighted by Gasteiger charge is 2.42. The van der Waals surface area contributed by atoms with Crippen LogP contribution in [0.15, 0.2) is 67.0 Å². The molecule has 69 heavy (non-hydrogen) atoms. The van der Waals surface area contributed by atoms with Crippen LogP contribution in [0.3, 0.4) is 0 Å². The second kappa shape index (κ2) is 20.5. The zero-order valence-electron chi connectivity index (χ0n) is 39.7. The van der Waals surface area contributed by atoms with Crippen LogP contribution in [0.2, 0.25) is 0 Å². The zero-order chi connectivity index (χ0) is 48.4. The average molecular weight is 961 g/mol. The van der Waals surface area contributed by atoms with Crippen molar-refractivity contribution in [3.05, 3.63) is 117 Å². The van der Waals surface area contributed by atoms with E-state index >= 15 is 0 Å². The number of aromatic nitrogens is 4. The highest BCUT2D eigenvalue weighted by Crippen LogP contribution is 2.62. The molecule has 2 saturated heterocycles. The highest BCUT2D eigenvalue weighted by molar-refractivity contribution is 7.54. The average Bonchev–Trinajstić information content (AvgIpc) is 3.78. The number of aromatic hydroxyl groups is 2. The van der Waals surface area contributed by atoms with E-state index in [1.165, 1.54) is 6.07 Å². The molecular formula is C50H61N10O8P. The predicted molar refractivity (Wildman–Crippen MR) is 260 cm³/mol. The Balaban J connectivity index is 0.877. The number of benzene rings is 3. The van der Waals surface area contributed by atoms with Gasteiger partial charge in [-0.1, -0.05) is 44.2 Å². The minimum absolute atomic E-state index is 0.0155. The van der Waals surface area contributed by atoms with Gasteiger partial charge in [0.15, 0.2) is 5.82 Å². The van der Waals surface area contributed by atoms with Crippen LogP contribution in [0.4, 0.5) is 11.8 Å². The maximum Gasteiger partial charge on any atom is 0.352 e. The molecule has 2 aromatic heterocycles. The second-order valence-corrected chi connectivity index (χ2v) is 20.3. The number of amides is 2. The summed E-state index contributed by atoms with van der Waals surface area (Å²) in [5.74, 6) is 0.0858. The number of nitrogen functional groups attached to an aromatic ring is 1. The van der Waals surface area contributed by atoms with E-state index in [1.807, 2.05) is 39.8 Å². The number of phenolic OH excluding ortho intramolecular Hbond substituents is 2. The predicted octanol–water partition coefficient (Wildman–Crippen LogP) is 6.32. The summed E-state index contributed by atoms with van der Waals surface area (Å²) in [6.07, 6.45) is 3.80. The zero-order valence-corrected chi connectivity index (χ0v) is 40.6. The van der Waals surface area contributed by atoms with Gasteiger partial charge in [0.2, 0.25) is 5.95 Å². The van der Waals surface area contributed by atoms with Gasteiger partial charge in [-0.3, -0.25) is 24.0 Å². The van der Waals surface area contributed by atoms with Crippen molar-refractivity contribution in [2.45, 2.75) is 72.0 Å². The molecule has 5 aromatic rings. The number of fused-ring (bicyclic) bond motifs is 2. The Hall–Kier alpha value is -6.01. The monoisotopic (exact) mass is 960 g/mol. The topological polar surface area (TPSA) is 213 Å². The van der Waals surface area contributed by atoms with Crippen molar-refractivity contribution in [1.29, 1.82) is 0 Å². The van der Waals surface area contributed by atoms with Crippen LogP contribution in [0, 0.1) is 0 Å². The number of morpholine rings is 1. The minimum Gasteiger partial charge on any atom is -0.508 e. The van der Waals surface area contributed by atoms with Gasteiger partial charge in [-0.05, 0) is 72.2 Å². The number of rotatable bonds is 14. The maximum absolute atomic E-state index is 14.7. The number of nitrogens with two attached hydrogens (primary N) is 1. The lowest BCUT2D eigenvalue weighted by Gasteiger charge is -2.41. The first-order valence-corrected chi connectivity index (χ1v) is 25.4. The largest absolute Gasteiger partial charge is 0.508 e. The van der Waals surface area contributed by atoms with Crippen molar-refractivity contribution < 1.29 is 38.2 Å². The van der Waals surface area contributed by atoms with Crippen molar-refractivity contribution in [1.82, 2.24) is 39.5 Å². The molecule has 2 amide bonds. The number of anilines is 2. The van der Waals surface area contributed by atoms with Crippen LogP contribution in [-0.4, -0.2) is 134 Å². The lowest BCUT2D eigenvalue weighted by Crippen LogP contribution is -2.47. The van der Waals surface area contributed by atoms with Gasteiger partial charge in [0.25, 0.3) is 11.8 Å². The molecule has 0 saturated carbocycles. The Morgan fingerprint density at radius 1 is 0.797 bits per heavy atom. The summed E-state index contributed by atoms with van der Waals surface area (Å²) in [5.41, 5.74) is 13.5. The molecule has 6 heterocycles. The van der Waals surface area contributed by atoms with E-state index in [9.17, 15) is 24.4 Å². The molecule has 18 nitrogen and oxygen atoms in total. The molecule has 2 fully saturated rings. The van der Waals surface area contributed by atoms with E-state index in [2.05, 4.69) is 42.9 Å². The summed E-state index contributed by atoms with van der Waals surface area (Å²) in [5, 5.41) is 20.9. The maximum atomic E-state index is 14.7. The fraction of sp³-hybridized carbons (Fsp3) is 0.440. The lowest BCUT2D eigenvalue weighted by atomic mass is 9.98. The van der Waals surface area contributed by atoms with Crippen molar-refractivity contribution in [2.75, 3.05) is 82.9 Å². The number of phenols is 2. The summed E-state index contributed by atoms with van der Waals surface area (Å²) in [7, 11) is -3.71. The quantitative estimate of drug-likeness (QED) is 0.104. The first-order chi connectivity index (χ1) is 33.3. The number of ether oxygens (including phenoxy) is 1. The summed E-state index contributed by atoms with van der Waals surface area (Å²) < 4.78 is 32.4. The lowest BCUT2D eigenvalue weighted by molar-refractivity contribution is 0.0728. The molecule has 1 unspecified atom stereocenters. The Morgan fingerprint density at radius 3 is 2.17 bits per heavy atom. The molecule has 0 radical (unpaired) electrons. The van der Waals surface area contributed by atoms with Gasteiger partial charge in [0, 0.05) is 95.0 Å². The Labute approximate surface area is 402 Å². The number of piperazine rings is 1. The van der Waals surface area contributed by atoms with Crippen LogP contribution in [0.1, 0.15) is 99.2 Å². The van der Waals surface area contributed by atoms with E-state index in [-0.39, 0.29) is 54.0 Å². The van der Waals surface area contributed by atoms with Gasteiger partial charge >= 0.3 is 7.60 Å². The number of carbonyl (C=O) groups excluding carboxylic acids is 2. The number of hydrogen-bond acceptors (Lipinski definition) is 16. The summed E-state index contributed by atoms with van der Waals surface area (Å²) in [6.45, 7) is 15.4. The van der Waals surface area contributed by atoms with Crippen LogP contribution in [0.25, 0.3) is 11.4 Å². The fourth-order valence-electron chi connectivity index (χ4n) is 9.83. The van der Waals surface area contributed by atoms with Gasteiger partial charge in [-0.25, -0.2) is 19.9 Å². The van der Waals surface area contributed by atoms with Crippen LogP contribution in [-0.2, 0) is 50.9 Å². The van der Waals surface area contributed by atoms with Crippen molar-refractivity contribution in [3.8, 4) is 22.9 Å². The van der Waals surface area contributed by atoms with E-state index < -0.39 is 13.4 Å². The van der Waals surface area contributed by atoms with E-state index in [4.69, 9.17) is 29.5 Å². The smallest absolute Gasteiger partial charge is 0.352 e. The third-order valence-corrected chi connectivity index (χ3v) is 15.8. The Morgan fingerprint density at radius 2 is 1.49 bits per heavy atom. The van der Waals surface area contributed by atoms with Gasteiger partial charge in [0.05, 0.1) is 49.8 Å². The number of nitrogens with zero attached hydrogens (tertiary/aromatic N) is 9. The fourth-order valence-corrected chi connectivity index (χ4v) is 12.1. The molecule has 0 aliphatic carbocycles. The summed E-state index contributed by atoms with van der Waals surface area (Å²) in [6, 6.07) is 16.5. The molecule has 364 valence electrons. The van der Waals surface area contributed by atoms with Gasteiger partial charge in [-0.15, -0.1) is 0 Å². The molecule has 1 atom stereocenters. The minimum atomic E-state index is -3.71. The third kappa shape index (κ3) is 10.2. The normalized spacial score (nSPS) is 17.3. The third-order valence-electron chi connectivity index (χ3n) is 13.4. The molecule has 19 heteroatoms. The number of carbonyl (C=O) groups is 2. The van der Waals surface area contributed by atoms with Crippen molar-refractivity contribution >= 4 is 31.2 Å². The van der Waals surface area contributed by atoms with Crippen molar-refractivity contribution in [3.63, 3.8) is 0 Å². The van der Waals surface area contributed by atoms with Crippen molar-refractivity contribution in [2.24, 2.45) is 0 Å². The molecule has 4 N–H and O–H groups in total. The van der Waals surface area contributed by atoms with Crippen LogP contribution in [0.5, 0.6) is 11.5 Å². The molecule has 3 aromatic carbocycles. The highest BCUT2D eigenvalue weighted by atomic mass is 31.2. The van der Waals surface area contributed by atoms with Gasteiger partial charge in [0.1, 0.15) is 23.1 Å². The molecular weight excluding hydrogens is 900 g/mol. The van der Waals surface area contributed by atoms with Crippen LogP contribution < -0.4 is 10.6 Å². The summed E-state index contributed by atoms with van der Waals surface area (Å²) >= 11 is 0. The molecule has 0 bridgehead atoms. The van der Waals surface area contributed by atoms with E-state index in [1.54, 1.807) is 40.4 Å². The first kappa shape index (κ1) is 48.0. The molecule has 4 aliphatic rings. The van der Waals surface area contributed by atoms with E-state index in [0.717, 1.165) is 39.3 Å². The molecule has 0 spiro atoms. The summed E-state index contributed by atoms with van der Waals surface area (Å²) in [4.78, 5) is 56.4. The van der Waals surface area contributed by atoms with Gasteiger partial charge in [-0.2, -0.15) is 0 Å². The van der Waals surface area contributed by atoms with E-state index in [0.29, 0.717) is 114 Å². The Bertz CT molecular complexity index is 2720.